The number of amides is 1. The van der Waals surface area contributed by atoms with Crippen molar-refractivity contribution in [1.82, 2.24) is 15.6 Å². The summed E-state index contributed by atoms with van der Waals surface area (Å²) in [5.74, 6) is -0.447. The Bertz CT molecular complexity index is 453. The molecule has 2 heterocycles. The molecule has 7 heteroatoms. The molecule has 1 aromatic heterocycles. The first kappa shape index (κ1) is 14.8. The Morgan fingerprint density at radius 1 is 1.45 bits per heavy atom. The van der Waals surface area contributed by atoms with Crippen LogP contribution in [0, 0.1) is 0 Å². The van der Waals surface area contributed by atoms with Gasteiger partial charge in [-0.2, -0.15) is 13.2 Å². The van der Waals surface area contributed by atoms with Crippen LogP contribution in [-0.2, 0) is 6.18 Å². The first-order chi connectivity index (χ1) is 9.47. The van der Waals surface area contributed by atoms with Gasteiger partial charge in [-0.15, -0.1) is 0 Å². The Balaban J connectivity index is 1.82. The van der Waals surface area contributed by atoms with E-state index in [4.69, 9.17) is 0 Å². The molecular weight excluding hydrogens is 271 g/mol. The van der Waals surface area contributed by atoms with E-state index in [1.54, 1.807) is 0 Å². The summed E-state index contributed by atoms with van der Waals surface area (Å²) in [6.45, 7) is 1.48. The Morgan fingerprint density at radius 2 is 2.25 bits per heavy atom. The molecule has 0 saturated carbocycles. The fraction of sp³-hybridized carbons (Fsp3) is 0.538. The summed E-state index contributed by atoms with van der Waals surface area (Å²) in [7, 11) is 0. The molecule has 0 aromatic carbocycles. The van der Waals surface area contributed by atoms with Crippen LogP contribution in [0.25, 0.3) is 0 Å². The fourth-order valence-corrected chi connectivity index (χ4v) is 2.15. The summed E-state index contributed by atoms with van der Waals surface area (Å²) in [6.07, 6.45) is -0.719. The van der Waals surface area contributed by atoms with Crippen molar-refractivity contribution in [1.29, 1.82) is 0 Å². The maximum Gasteiger partial charge on any atom is 0.417 e. The first-order valence-electron chi connectivity index (χ1n) is 6.51. The van der Waals surface area contributed by atoms with Gasteiger partial charge < -0.3 is 10.6 Å². The Morgan fingerprint density at radius 3 is 2.80 bits per heavy atom. The monoisotopic (exact) mass is 287 g/mol. The quantitative estimate of drug-likeness (QED) is 0.890. The van der Waals surface area contributed by atoms with Crippen LogP contribution in [0.4, 0.5) is 13.2 Å². The van der Waals surface area contributed by atoms with Gasteiger partial charge in [0.2, 0.25) is 0 Å². The molecule has 0 aliphatic carbocycles. The van der Waals surface area contributed by atoms with Gasteiger partial charge in [0, 0.05) is 18.8 Å². The van der Waals surface area contributed by atoms with Crippen LogP contribution in [0.1, 0.15) is 35.3 Å². The topological polar surface area (TPSA) is 54.0 Å². The predicted octanol–water partition coefficient (Wildman–Crippen LogP) is 1.97. The molecule has 1 aliphatic rings. The molecule has 1 saturated heterocycles. The minimum absolute atomic E-state index is 0.00242. The number of hydrogen-bond donors (Lipinski definition) is 2. The third-order valence-electron chi connectivity index (χ3n) is 3.26. The van der Waals surface area contributed by atoms with Gasteiger partial charge in [-0.25, -0.2) is 0 Å². The maximum atomic E-state index is 12.3. The van der Waals surface area contributed by atoms with E-state index in [0.29, 0.717) is 18.8 Å². The molecular formula is C13H16F3N3O. The number of nitrogens with zero attached hydrogens (tertiary/aromatic N) is 1. The Hall–Kier alpha value is -1.63. The largest absolute Gasteiger partial charge is 0.417 e. The minimum Gasteiger partial charge on any atom is -0.351 e. The van der Waals surface area contributed by atoms with E-state index in [-0.39, 0.29) is 5.69 Å². The highest BCUT2D eigenvalue weighted by atomic mass is 19.4. The van der Waals surface area contributed by atoms with Crippen molar-refractivity contribution in [2.24, 2.45) is 0 Å². The number of aromatic nitrogens is 1. The van der Waals surface area contributed by atoms with Crippen molar-refractivity contribution < 1.29 is 18.0 Å². The lowest BCUT2D eigenvalue weighted by Crippen LogP contribution is -2.31. The fourth-order valence-electron chi connectivity index (χ4n) is 2.15. The molecule has 0 unspecified atom stereocenters. The second-order valence-corrected chi connectivity index (χ2v) is 4.77. The van der Waals surface area contributed by atoms with Crippen molar-refractivity contribution in [2.45, 2.75) is 31.5 Å². The van der Waals surface area contributed by atoms with E-state index < -0.39 is 17.6 Å². The zero-order valence-corrected chi connectivity index (χ0v) is 10.8. The highest BCUT2D eigenvalue weighted by molar-refractivity contribution is 5.92. The Kier molecular flexibility index (Phi) is 4.59. The number of rotatable bonds is 4. The maximum absolute atomic E-state index is 12.3. The van der Waals surface area contributed by atoms with Gasteiger partial charge in [0.25, 0.3) is 5.91 Å². The van der Waals surface area contributed by atoms with Crippen LogP contribution in [0.15, 0.2) is 18.3 Å². The van der Waals surface area contributed by atoms with Crippen LogP contribution in [-0.4, -0.2) is 30.0 Å². The molecule has 4 nitrogen and oxygen atoms in total. The lowest BCUT2D eigenvalue weighted by molar-refractivity contribution is -0.137. The molecule has 2 rings (SSSR count). The molecule has 0 bridgehead atoms. The third-order valence-corrected chi connectivity index (χ3v) is 3.26. The second-order valence-electron chi connectivity index (χ2n) is 4.77. The van der Waals surface area contributed by atoms with Crippen LogP contribution in [0.5, 0.6) is 0 Å². The number of halogens is 3. The van der Waals surface area contributed by atoms with E-state index in [1.165, 1.54) is 0 Å². The molecule has 110 valence electrons. The van der Waals surface area contributed by atoms with E-state index in [9.17, 15) is 18.0 Å². The van der Waals surface area contributed by atoms with E-state index in [0.717, 1.165) is 37.9 Å². The van der Waals surface area contributed by atoms with Gasteiger partial charge in [-0.3, -0.25) is 9.78 Å². The average molecular weight is 287 g/mol. The Labute approximate surface area is 114 Å². The molecule has 1 aromatic rings. The molecule has 1 atom stereocenters. The molecule has 20 heavy (non-hydrogen) atoms. The number of nitrogens with one attached hydrogen (secondary N) is 2. The van der Waals surface area contributed by atoms with E-state index >= 15 is 0 Å². The van der Waals surface area contributed by atoms with Crippen LogP contribution in [0.2, 0.25) is 0 Å². The SMILES string of the molecule is O=C(NCC[C@@H]1CCCN1)c1ccc(C(F)(F)F)cn1. The van der Waals surface area contributed by atoms with Gasteiger partial charge in [0.15, 0.2) is 0 Å². The zero-order valence-electron chi connectivity index (χ0n) is 10.8. The summed E-state index contributed by atoms with van der Waals surface area (Å²) in [4.78, 5) is 15.3. The smallest absolute Gasteiger partial charge is 0.351 e. The van der Waals surface area contributed by atoms with Crippen LogP contribution < -0.4 is 10.6 Å². The summed E-state index contributed by atoms with van der Waals surface area (Å²) in [5, 5.41) is 5.96. The van der Waals surface area contributed by atoms with Crippen molar-refractivity contribution in [3.8, 4) is 0 Å². The highest BCUT2D eigenvalue weighted by Crippen LogP contribution is 2.28. The standard InChI is InChI=1S/C13H16F3N3O/c14-13(15,16)9-3-4-11(19-8-9)12(20)18-7-5-10-2-1-6-17-10/h3-4,8,10,17H,1-2,5-7H2,(H,18,20)/t10-/m0/s1. The molecule has 1 fully saturated rings. The second kappa shape index (κ2) is 6.21. The lowest BCUT2D eigenvalue weighted by atomic mass is 10.1. The van der Waals surface area contributed by atoms with Crippen molar-refractivity contribution in [3.05, 3.63) is 29.6 Å². The number of carbonyl (C=O) groups is 1. The first-order valence-corrected chi connectivity index (χ1v) is 6.51. The zero-order chi connectivity index (χ0) is 14.6. The van der Waals surface area contributed by atoms with Gasteiger partial charge in [0.1, 0.15) is 5.69 Å². The highest BCUT2D eigenvalue weighted by Gasteiger charge is 2.30. The molecule has 2 N–H and O–H groups in total. The summed E-state index contributed by atoms with van der Waals surface area (Å²) < 4.78 is 37.0. The number of pyridine rings is 1. The molecule has 0 radical (unpaired) electrons. The van der Waals surface area contributed by atoms with Gasteiger partial charge in [0.05, 0.1) is 5.56 Å². The molecule has 1 amide bonds. The van der Waals surface area contributed by atoms with Gasteiger partial charge >= 0.3 is 6.18 Å². The number of alkyl halides is 3. The summed E-state index contributed by atoms with van der Waals surface area (Å²) in [5.41, 5.74) is -0.860. The van der Waals surface area contributed by atoms with Crippen molar-refractivity contribution in [3.63, 3.8) is 0 Å². The summed E-state index contributed by atoms with van der Waals surface area (Å²) >= 11 is 0. The van der Waals surface area contributed by atoms with Crippen molar-refractivity contribution in [2.75, 3.05) is 13.1 Å². The average Bonchev–Trinajstić information content (AvgIpc) is 2.91. The van der Waals surface area contributed by atoms with Crippen molar-refractivity contribution >= 4 is 5.91 Å². The van der Waals surface area contributed by atoms with Gasteiger partial charge in [-0.05, 0) is 37.9 Å². The lowest BCUT2D eigenvalue weighted by Gasteiger charge is -2.11. The van der Waals surface area contributed by atoms with Gasteiger partial charge in [-0.1, -0.05) is 0 Å². The predicted molar refractivity (Wildman–Crippen MR) is 67.2 cm³/mol. The third kappa shape index (κ3) is 3.93. The van der Waals surface area contributed by atoms with E-state index in [2.05, 4.69) is 15.6 Å². The van der Waals surface area contributed by atoms with Crippen LogP contribution in [0.3, 0.4) is 0 Å². The summed E-state index contributed by atoms with van der Waals surface area (Å²) in [6, 6.07) is 2.36. The normalized spacial score (nSPS) is 19.1. The molecule has 1 aliphatic heterocycles. The molecule has 0 spiro atoms. The minimum atomic E-state index is -4.43. The van der Waals surface area contributed by atoms with Crippen LogP contribution >= 0.6 is 0 Å². The number of hydrogen-bond acceptors (Lipinski definition) is 3. The van der Waals surface area contributed by atoms with E-state index in [1.807, 2.05) is 0 Å². The number of carbonyl (C=O) groups excluding carboxylic acids is 1.